The van der Waals surface area contributed by atoms with Crippen LogP contribution in [0.2, 0.25) is 0 Å². The second-order valence-corrected chi connectivity index (χ2v) is 10.1. The normalized spacial score (nSPS) is 19.7. The van der Waals surface area contributed by atoms with Gasteiger partial charge in [-0.15, -0.1) is 0 Å². The molecule has 2 N–H and O–H groups in total. The molecular weight excluding hydrogens is 432 g/mol. The van der Waals surface area contributed by atoms with Gasteiger partial charge in [-0.2, -0.15) is 4.31 Å². The monoisotopic (exact) mass is 460 g/mol. The third-order valence-electron chi connectivity index (χ3n) is 6.01. The Hall–Kier alpha value is -2.85. The zero-order valence-corrected chi connectivity index (χ0v) is 18.9. The molecule has 3 heterocycles. The van der Waals surface area contributed by atoms with Crippen LogP contribution < -0.4 is 10.1 Å². The van der Waals surface area contributed by atoms with Crippen LogP contribution in [0.4, 0.5) is 5.69 Å². The average molecular weight is 461 g/mol. The van der Waals surface area contributed by atoms with Crippen LogP contribution in [0, 0.1) is 5.92 Å². The quantitative estimate of drug-likeness (QED) is 0.687. The van der Waals surface area contributed by atoms with E-state index in [1.165, 1.54) is 16.6 Å². The van der Waals surface area contributed by atoms with Crippen LogP contribution in [-0.2, 0) is 14.8 Å². The number of benzene rings is 1. The minimum atomic E-state index is -3.82. The number of ether oxygens (including phenoxy) is 1. The van der Waals surface area contributed by atoms with Crippen LogP contribution in [0.25, 0.3) is 0 Å². The van der Waals surface area contributed by atoms with Crippen molar-refractivity contribution in [2.75, 3.05) is 38.6 Å². The molecule has 1 atom stereocenters. The summed E-state index contributed by atoms with van der Waals surface area (Å²) in [6, 6.07) is 8.43. The van der Waals surface area contributed by atoms with Crippen molar-refractivity contribution in [2.45, 2.75) is 30.6 Å². The van der Waals surface area contributed by atoms with Gasteiger partial charge in [0.2, 0.25) is 15.9 Å². The smallest absolute Gasteiger partial charge is 0.270 e. The fourth-order valence-electron chi connectivity index (χ4n) is 4.21. The van der Waals surface area contributed by atoms with Gasteiger partial charge in [0.05, 0.1) is 13.0 Å². The van der Waals surface area contributed by atoms with Crippen molar-refractivity contribution < 1.29 is 22.7 Å². The summed E-state index contributed by atoms with van der Waals surface area (Å²) in [5.41, 5.74) is 0.875. The lowest BCUT2D eigenvalue weighted by atomic mass is 9.98. The van der Waals surface area contributed by atoms with Crippen molar-refractivity contribution in [1.82, 2.24) is 14.2 Å². The van der Waals surface area contributed by atoms with E-state index >= 15 is 0 Å². The van der Waals surface area contributed by atoms with E-state index in [2.05, 4.69) is 10.3 Å². The van der Waals surface area contributed by atoms with E-state index < -0.39 is 15.9 Å². The number of aromatic amines is 1. The first-order valence-electron chi connectivity index (χ1n) is 10.8. The van der Waals surface area contributed by atoms with Gasteiger partial charge in [-0.05, 0) is 43.9 Å². The van der Waals surface area contributed by atoms with Crippen molar-refractivity contribution in [3.05, 3.63) is 42.2 Å². The van der Waals surface area contributed by atoms with E-state index in [0.29, 0.717) is 43.9 Å². The van der Waals surface area contributed by atoms with Gasteiger partial charge in [0, 0.05) is 44.1 Å². The van der Waals surface area contributed by atoms with Crippen LogP contribution in [-0.4, -0.2) is 67.7 Å². The number of aromatic nitrogens is 1. The third-order valence-corrected chi connectivity index (χ3v) is 7.85. The molecule has 2 saturated heterocycles. The molecule has 10 heteroatoms. The number of anilines is 1. The SMILES string of the molecule is COc1cccc(NC(=O)[C@H]2CCCN(S(=O)(=O)c3c[nH]c(C(=O)N4CCCC4)c3)C2)c1. The van der Waals surface area contributed by atoms with Gasteiger partial charge in [-0.25, -0.2) is 8.42 Å². The molecule has 0 aliphatic carbocycles. The molecule has 0 radical (unpaired) electrons. The highest BCUT2D eigenvalue weighted by Crippen LogP contribution is 2.26. The maximum Gasteiger partial charge on any atom is 0.270 e. The first-order chi connectivity index (χ1) is 15.4. The van der Waals surface area contributed by atoms with E-state index in [0.717, 1.165) is 12.8 Å². The molecule has 4 rings (SSSR count). The second kappa shape index (κ2) is 9.33. The van der Waals surface area contributed by atoms with Crippen molar-refractivity contribution >= 4 is 27.5 Å². The maximum atomic E-state index is 13.2. The molecule has 1 aromatic carbocycles. The lowest BCUT2D eigenvalue weighted by molar-refractivity contribution is -0.120. The van der Waals surface area contributed by atoms with Gasteiger partial charge in [0.1, 0.15) is 16.3 Å². The fourth-order valence-corrected chi connectivity index (χ4v) is 5.72. The van der Waals surface area contributed by atoms with Crippen molar-refractivity contribution in [3.63, 3.8) is 0 Å². The number of hydrogen-bond acceptors (Lipinski definition) is 5. The fraction of sp³-hybridized carbons (Fsp3) is 0.455. The van der Waals surface area contributed by atoms with Crippen LogP contribution in [0.5, 0.6) is 5.75 Å². The summed E-state index contributed by atoms with van der Waals surface area (Å²) >= 11 is 0. The Morgan fingerprint density at radius 2 is 1.91 bits per heavy atom. The first kappa shape index (κ1) is 22.3. The molecule has 1 aromatic heterocycles. The molecule has 172 valence electrons. The maximum absolute atomic E-state index is 13.2. The van der Waals surface area contributed by atoms with E-state index in [-0.39, 0.29) is 28.9 Å². The number of rotatable bonds is 6. The largest absolute Gasteiger partial charge is 0.497 e. The number of sulfonamides is 1. The lowest BCUT2D eigenvalue weighted by Gasteiger charge is -2.31. The Morgan fingerprint density at radius 1 is 1.12 bits per heavy atom. The van der Waals surface area contributed by atoms with Crippen LogP contribution >= 0.6 is 0 Å². The summed E-state index contributed by atoms with van der Waals surface area (Å²) in [7, 11) is -2.27. The van der Waals surface area contributed by atoms with E-state index in [1.54, 1.807) is 36.3 Å². The molecule has 2 amide bonds. The number of carbonyl (C=O) groups excluding carboxylic acids is 2. The number of hydrogen-bond donors (Lipinski definition) is 2. The van der Waals surface area contributed by atoms with E-state index in [1.807, 2.05) is 0 Å². The van der Waals surface area contributed by atoms with Crippen LogP contribution in [0.1, 0.15) is 36.2 Å². The molecule has 0 bridgehead atoms. The molecule has 0 saturated carbocycles. The highest BCUT2D eigenvalue weighted by Gasteiger charge is 2.34. The van der Waals surface area contributed by atoms with Crippen LogP contribution in [0.3, 0.4) is 0 Å². The summed E-state index contributed by atoms with van der Waals surface area (Å²) in [5.74, 6) is -0.244. The highest BCUT2D eigenvalue weighted by atomic mass is 32.2. The Bertz CT molecular complexity index is 1090. The summed E-state index contributed by atoms with van der Waals surface area (Å²) in [6.45, 7) is 1.82. The van der Waals surface area contributed by atoms with E-state index in [9.17, 15) is 18.0 Å². The van der Waals surface area contributed by atoms with Gasteiger partial charge in [-0.3, -0.25) is 9.59 Å². The van der Waals surface area contributed by atoms with Gasteiger partial charge < -0.3 is 19.9 Å². The molecule has 2 aliphatic heterocycles. The Morgan fingerprint density at radius 3 is 2.66 bits per heavy atom. The van der Waals surface area contributed by atoms with Gasteiger partial charge >= 0.3 is 0 Å². The first-order valence-corrected chi connectivity index (χ1v) is 12.3. The molecule has 0 spiro atoms. The Kier molecular flexibility index (Phi) is 6.52. The van der Waals surface area contributed by atoms with Crippen LogP contribution in [0.15, 0.2) is 41.4 Å². The Labute approximate surface area is 187 Å². The summed E-state index contributed by atoms with van der Waals surface area (Å²) < 4.78 is 32.9. The topological polar surface area (TPSA) is 112 Å². The number of amides is 2. The zero-order chi connectivity index (χ0) is 22.7. The van der Waals surface area contributed by atoms with Crippen molar-refractivity contribution in [1.29, 1.82) is 0 Å². The summed E-state index contributed by atoms with van der Waals surface area (Å²) in [5, 5.41) is 2.85. The summed E-state index contributed by atoms with van der Waals surface area (Å²) in [6.07, 6.45) is 4.47. The van der Waals surface area contributed by atoms with Gasteiger partial charge in [0.15, 0.2) is 0 Å². The molecule has 2 aliphatic rings. The molecular formula is C22H28N4O5S. The molecule has 2 aromatic rings. The number of nitrogens with one attached hydrogen (secondary N) is 2. The minimum absolute atomic E-state index is 0.0499. The standard InChI is InChI=1S/C22H28N4O5S/c1-31-18-8-4-7-17(12-18)24-21(27)16-6-5-11-26(15-16)32(29,30)19-13-20(23-14-19)22(28)25-9-2-3-10-25/h4,7-8,12-14,16,23H,2-3,5-6,9-11,15H2,1H3,(H,24,27)/t16-/m0/s1. The summed E-state index contributed by atoms with van der Waals surface area (Å²) in [4.78, 5) is 29.9. The predicted octanol–water partition coefficient (Wildman–Crippen LogP) is 2.30. The minimum Gasteiger partial charge on any atom is -0.497 e. The Balaban J connectivity index is 1.44. The average Bonchev–Trinajstić information content (AvgIpc) is 3.52. The number of methoxy groups -OCH3 is 1. The van der Waals surface area contributed by atoms with Gasteiger partial charge in [-0.1, -0.05) is 6.07 Å². The zero-order valence-electron chi connectivity index (χ0n) is 18.0. The number of piperidine rings is 1. The second-order valence-electron chi connectivity index (χ2n) is 8.17. The third kappa shape index (κ3) is 4.66. The van der Waals surface area contributed by atoms with Crippen molar-refractivity contribution in [3.8, 4) is 5.75 Å². The molecule has 9 nitrogen and oxygen atoms in total. The van der Waals surface area contributed by atoms with Crippen molar-refractivity contribution in [2.24, 2.45) is 5.92 Å². The number of nitrogens with zero attached hydrogens (tertiary/aromatic N) is 2. The van der Waals surface area contributed by atoms with E-state index in [4.69, 9.17) is 4.74 Å². The molecule has 0 unspecified atom stereocenters. The lowest BCUT2D eigenvalue weighted by Crippen LogP contribution is -2.43. The van der Waals surface area contributed by atoms with Gasteiger partial charge in [0.25, 0.3) is 5.91 Å². The molecule has 2 fully saturated rings. The number of H-pyrrole nitrogens is 1. The molecule has 32 heavy (non-hydrogen) atoms. The predicted molar refractivity (Wildman–Crippen MR) is 119 cm³/mol. The number of carbonyl (C=O) groups is 2. The highest BCUT2D eigenvalue weighted by molar-refractivity contribution is 7.89. The number of likely N-dealkylation sites (tertiary alicyclic amines) is 1.